The van der Waals surface area contributed by atoms with Gasteiger partial charge in [-0.15, -0.1) is 0 Å². The Morgan fingerprint density at radius 2 is 2.11 bits per heavy atom. The summed E-state index contributed by atoms with van der Waals surface area (Å²) >= 11 is 0. The number of aryl methyl sites for hydroxylation is 1. The lowest BCUT2D eigenvalue weighted by atomic mass is 10.3. The van der Waals surface area contributed by atoms with Gasteiger partial charge in [0, 0.05) is 31.7 Å². The molecular weight excluding hydrogens is 244 g/mol. The summed E-state index contributed by atoms with van der Waals surface area (Å²) < 4.78 is 0. The monoisotopic (exact) mass is 258 g/mol. The molecule has 2 aromatic rings. The first-order chi connectivity index (χ1) is 9.25. The van der Waals surface area contributed by atoms with Gasteiger partial charge in [-0.2, -0.15) is 0 Å². The van der Waals surface area contributed by atoms with Gasteiger partial charge in [0.15, 0.2) is 0 Å². The van der Waals surface area contributed by atoms with Crippen LogP contribution >= 0.6 is 0 Å². The number of carbonyl (C=O) groups excluding carboxylic acids is 1. The molecule has 19 heavy (non-hydrogen) atoms. The average Bonchev–Trinajstić information content (AvgIpc) is 2.44. The number of rotatable bonds is 5. The van der Waals surface area contributed by atoms with E-state index in [-0.39, 0.29) is 5.91 Å². The third-order valence-electron chi connectivity index (χ3n) is 2.29. The van der Waals surface area contributed by atoms with Crippen molar-refractivity contribution in [2.75, 3.05) is 18.4 Å². The fourth-order valence-electron chi connectivity index (χ4n) is 1.43. The van der Waals surface area contributed by atoms with Gasteiger partial charge < -0.3 is 10.6 Å². The summed E-state index contributed by atoms with van der Waals surface area (Å²) in [6, 6.07) is 1.58. The smallest absolute Gasteiger partial charge is 0.270 e. The molecule has 2 N–H and O–H groups in total. The van der Waals surface area contributed by atoms with Crippen LogP contribution in [0.1, 0.15) is 16.3 Å². The van der Waals surface area contributed by atoms with Crippen molar-refractivity contribution < 1.29 is 4.79 Å². The summed E-state index contributed by atoms with van der Waals surface area (Å²) in [7, 11) is 0. The van der Waals surface area contributed by atoms with Crippen molar-refractivity contribution in [1.29, 1.82) is 0 Å². The van der Waals surface area contributed by atoms with Crippen LogP contribution in [0, 0.1) is 6.92 Å². The fraction of sp³-hybridized carbons (Fsp3) is 0.250. The normalized spacial score (nSPS) is 9.95. The van der Waals surface area contributed by atoms with E-state index in [1.807, 2.05) is 0 Å². The number of aromatic nitrogens is 4. The van der Waals surface area contributed by atoms with E-state index in [1.54, 1.807) is 37.8 Å². The minimum absolute atomic E-state index is 0.216. The summed E-state index contributed by atoms with van der Waals surface area (Å²) in [5.74, 6) is 1.03. The Hall–Kier alpha value is -2.57. The maximum atomic E-state index is 11.8. The van der Waals surface area contributed by atoms with E-state index < -0.39 is 0 Å². The molecule has 0 aliphatic carbocycles. The van der Waals surface area contributed by atoms with Crippen molar-refractivity contribution in [2.45, 2.75) is 6.92 Å². The molecule has 1 amide bonds. The van der Waals surface area contributed by atoms with E-state index in [4.69, 9.17) is 0 Å². The number of nitrogens with zero attached hydrogens (tertiary/aromatic N) is 4. The van der Waals surface area contributed by atoms with Crippen LogP contribution in [-0.2, 0) is 0 Å². The second kappa shape index (κ2) is 6.39. The quantitative estimate of drug-likeness (QED) is 0.755. The van der Waals surface area contributed by atoms with Gasteiger partial charge in [0.2, 0.25) is 0 Å². The largest absolute Gasteiger partial charge is 0.367 e. The minimum Gasteiger partial charge on any atom is -0.367 e. The number of carbonyl (C=O) groups is 1. The van der Waals surface area contributed by atoms with Gasteiger partial charge in [-0.3, -0.25) is 9.78 Å². The van der Waals surface area contributed by atoms with Crippen molar-refractivity contribution in [3.05, 3.63) is 42.4 Å². The van der Waals surface area contributed by atoms with Crippen molar-refractivity contribution >= 4 is 11.7 Å². The number of nitrogens with one attached hydrogen (secondary N) is 2. The van der Waals surface area contributed by atoms with Crippen molar-refractivity contribution in [3.8, 4) is 0 Å². The molecule has 7 heteroatoms. The molecule has 2 rings (SSSR count). The Morgan fingerprint density at radius 1 is 1.21 bits per heavy atom. The van der Waals surface area contributed by atoms with Crippen LogP contribution in [0.15, 0.2) is 30.9 Å². The molecule has 0 saturated carbocycles. The molecule has 0 radical (unpaired) electrons. The van der Waals surface area contributed by atoms with Gasteiger partial charge in [-0.25, -0.2) is 15.0 Å². The van der Waals surface area contributed by atoms with Crippen molar-refractivity contribution in [3.63, 3.8) is 0 Å². The number of hydrogen-bond donors (Lipinski definition) is 2. The van der Waals surface area contributed by atoms with Crippen molar-refractivity contribution in [1.82, 2.24) is 25.3 Å². The lowest BCUT2D eigenvalue weighted by Gasteiger charge is -2.06. The Kier molecular flexibility index (Phi) is 4.33. The molecular formula is C12H14N6O. The van der Waals surface area contributed by atoms with Gasteiger partial charge in [0.1, 0.15) is 17.3 Å². The first-order valence-corrected chi connectivity index (χ1v) is 5.83. The molecule has 0 fully saturated rings. The Bertz CT molecular complexity index is 545. The van der Waals surface area contributed by atoms with E-state index in [2.05, 4.69) is 30.6 Å². The molecule has 0 spiro atoms. The van der Waals surface area contributed by atoms with E-state index >= 15 is 0 Å². The molecule has 0 saturated heterocycles. The minimum atomic E-state index is -0.216. The highest BCUT2D eigenvalue weighted by Gasteiger charge is 2.06. The second-order valence-corrected chi connectivity index (χ2v) is 3.76. The zero-order chi connectivity index (χ0) is 13.5. The highest BCUT2D eigenvalue weighted by Crippen LogP contribution is 1.96. The molecule has 0 aliphatic rings. The topological polar surface area (TPSA) is 92.7 Å². The highest BCUT2D eigenvalue weighted by atomic mass is 16.1. The van der Waals surface area contributed by atoms with Gasteiger partial charge >= 0.3 is 0 Å². The summed E-state index contributed by atoms with van der Waals surface area (Å²) in [6.45, 7) is 2.78. The van der Waals surface area contributed by atoms with Crippen LogP contribution in [0.25, 0.3) is 0 Å². The molecule has 2 aromatic heterocycles. The maximum Gasteiger partial charge on any atom is 0.270 e. The van der Waals surface area contributed by atoms with Crippen LogP contribution < -0.4 is 10.6 Å². The van der Waals surface area contributed by atoms with Crippen molar-refractivity contribution in [2.24, 2.45) is 0 Å². The highest BCUT2D eigenvalue weighted by molar-refractivity contribution is 5.92. The zero-order valence-electron chi connectivity index (χ0n) is 10.5. The van der Waals surface area contributed by atoms with Crippen LogP contribution in [0.2, 0.25) is 0 Å². The fourth-order valence-corrected chi connectivity index (χ4v) is 1.43. The van der Waals surface area contributed by atoms with Gasteiger partial charge in [0.05, 0.1) is 6.20 Å². The van der Waals surface area contributed by atoms with Gasteiger partial charge in [-0.05, 0) is 13.0 Å². The second-order valence-electron chi connectivity index (χ2n) is 3.76. The lowest BCUT2D eigenvalue weighted by Crippen LogP contribution is -2.29. The maximum absolute atomic E-state index is 11.8. The van der Waals surface area contributed by atoms with Crippen LogP contribution in [0.3, 0.4) is 0 Å². The SMILES string of the molecule is Cc1nccc(C(=O)NCCNc2cnccn2)n1. The Morgan fingerprint density at radius 3 is 2.84 bits per heavy atom. The van der Waals surface area contributed by atoms with E-state index in [0.29, 0.717) is 30.4 Å². The van der Waals surface area contributed by atoms with Crippen LogP contribution in [-0.4, -0.2) is 38.9 Å². The molecule has 7 nitrogen and oxygen atoms in total. The summed E-state index contributed by atoms with van der Waals surface area (Å²) in [6.07, 6.45) is 6.39. The number of amides is 1. The number of hydrogen-bond acceptors (Lipinski definition) is 6. The summed E-state index contributed by atoms with van der Waals surface area (Å²) in [4.78, 5) is 27.7. The summed E-state index contributed by atoms with van der Waals surface area (Å²) in [5, 5.41) is 5.80. The molecule has 2 heterocycles. The van der Waals surface area contributed by atoms with Crippen LogP contribution in [0.5, 0.6) is 0 Å². The third-order valence-corrected chi connectivity index (χ3v) is 2.29. The van der Waals surface area contributed by atoms with E-state index in [0.717, 1.165) is 0 Å². The average molecular weight is 258 g/mol. The standard InChI is InChI=1S/C12H14N6O/c1-9-14-3-2-10(18-9)12(19)17-7-6-16-11-8-13-4-5-15-11/h2-5,8H,6-7H2,1H3,(H,15,16)(H,17,19). The van der Waals surface area contributed by atoms with Crippen LogP contribution in [0.4, 0.5) is 5.82 Å². The molecule has 0 aromatic carbocycles. The Balaban J connectivity index is 1.75. The molecule has 0 unspecified atom stereocenters. The predicted octanol–water partition coefficient (Wildman–Crippen LogP) is 0.417. The predicted molar refractivity (Wildman–Crippen MR) is 69.6 cm³/mol. The zero-order valence-corrected chi connectivity index (χ0v) is 10.5. The molecule has 0 bridgehead atoms. The molecule has 0 aliphatic heterocycles. The number of anilines is 1. The lowest BCUT2D eigenvalue weighted by molar-refractivity contribution is 0.0950. The Labute approximate surface area is 110 Å². The van der Waals surface area contributed by atoms with Gasteiger partial charge in [-0.1, -0.05) is 0 Å². The molecule has 98 valence electrons. The third kappa shape index (κ3) is 3.98. The summed E-state index contributed by atoms with van der Waals surface area (Å²) in [5.41, 5.74) is 0.368. The van der Waals surface area contributed by atoms with E-state index in [9.17, 15) is 4.79 Å². The molecule has 0 atom stereocenters. The van der Waals surface area contributed by atoms with Gasteiger partial charge in [0.25, 0.3) is 5.91 Å². The first kappa shape index (κ1) is 12.9. The van der Waals surface area contributed by atoms with E-state index in [1.165, 1.54) is 0 Å². The first-order valence-electron chi connectivity index (χ1n) is 5.83.